The quantitative estimate of drug-likeness (QED) is 0.767. The highest BCUT2D eigenvalue weighted by molar-refractivity contribution is 7.90. The van der Waals surface area contributed by atoms with Gasteiger partial charge in [-0.1, -0.05) is 0 Å². The fourth-order valence-corrected chi connectivity index (χ4v) is 3.20. The van der Waals surface area contributed by atoms with Gasteiger partial charge in [0.05, 0.1) is 14.2 Å². The Bertz CT molecular complexity index is 526. The van der Waals surface area contributed by atoms with Gasteiger partial charge in [0.15, 0.2) is 9.84 Å². The zero-order chi connectivity index (χ0) is 14.5. The van der Waals surface area contributed by atoms with E-state index in [0.29, 0.717) is 30.0 Å². The molecule has 0 saturated heterocycles. The minimum absolute atomic E-state index is 0.214. The van der Waals surface area contributed by atoms with E-state index in [1.165, 1.54) is 20.5 Å². The van der Waals surface area contributed by atoms with Crippen LogP contribution in [0.2, 0.25) is 0 Å². The lowest BCUT2D eigenvalue weighted by Crippen LogP contribution is -2.08. The second-order valence-electron chi connectivity index (χ2n) is 4.30. The van der Waals surface area contributed by atoms with Gasteiger partial charge in [-0.2, -0.15) is 0 Å². The summed E-state index contributed by atoms with van der Waals surface area (Å²) < 4.78 is 34.4. The van der Waals surface area contributed by atoms with E-state index in [2.05, 4.69) is 0 Å². The van der Waals surface area contributed by atoms with Gasteiger partial charge >= 0.3 is 0 Å². The van der Waals surface area contributed by atoms with Crippen molar-refractivity contribution < 1.29 is 17.9 Å². The van der Waals surface area contributed by atoms with E-state index in [-0.39, 0.29) is 4.90 Å². The van der Waals surface area contributed by atoms with E-state index in [4.69, 9.17) is 15.2 Å². The highest BCUT2D eigenvalue weighted by Crippen LogP contribution is 2.35. The fraction of sp³-hybridized carbons (Fsp3) is 0.538. The summed E-state index contributed by atoms with van der Waals surface area (Å²) in [5.41, 5.74) is 6.13. The Hall–Kier alpha value is -1.27. The molecule has 1 aromatic rings. The third-order valence-electron chi connectivity index (χ3n) is 2.87. The van der Waals surface area contributed by atoms with Crippen LogP contribution < -0.4 is 15.2 Å². The molecule has 1 aromatic carbocycles. The van der Waals surface area contributed by atoms with Crippen molar-refractivity contribution in [1.82, 2.24) is 0 Å². The number of ether oxygens (including phenoxy) is 2. The van der Waals surface area contributed by atoms with Gasteiger partial charge in [-0.3, -0.25) is 0 Å². The van der Waals surface area contributed by atoms with Crippen molar-refractivity contribution in [3.63, 3.8) is 0 Å². The first-order chi connectivity index (χ1) is 8.95. The molecule has 108 valence electrons. The van der Waals surface area contributed by atoms with E-state index in [0.717, 1.165) is 12.8 Å². The maximum Gasteiger partial charge on any atom is 0.179 e. The van der Waals surface area contributed by atoms with Crippen molar-refractivity contribution >= 4 is 9.84 Å². The summed E-state index contributed by atoms with van der Waals surface area (Å²) in [5.74, 6) is 0.921. The van der Waals surface area contributed by atoms with E-state index < -0.39 is 9.84 Å². The number of nitrogens with two attached hydrogens (primary N) is 1. The number of methoxy groups -OCH3 is 2. The Kier molecular flexibility index (Phi) is 5.62. The van der Waals surface area contributed by atoms with Crippen LogP contribution in [0.5, 0.6) is 11.5 Å². The molecule has 19 heavy (non-hydrogen) atoms. The number of rotatable bonds is 7. The molecule has 0 spiro atoms. The van der Waals surface area contributed by atoms with E-state index in [1.54, 1.807) is 12.1 Å². The van der Waals surface area contributed by atoms with Crippen LogP contribution in [0.3, 0.4) is 0 Å². The predicted octanol–water partition coefficient (Wildman–Crippen LogP) is 1.39. The summed E-state index contributed by atoms with van der Waals surface area (Å²) >= 11 is 0. The maximum absolute atomic E-state index is 12.0. The number of hydrogen-bond acceptors (Lipinski definition) is 5. The molecular formula is C13H21NO4S. The summed E-state index contributed by atoms with van der Waals surface area (Å²) in [6.45, 7) is 0.584. The molecule has 1 rings (SSSR count). The summed E-state index contributed by atoms with van der Waals surface area (Å²) in [6, 6.07) is 3.34. The van der Waals surface area contributed by atoms with Gasteiger partial charge in [0.25, 0.3) is 0 Å². The van der Waals surface area contributed by atoms with E-state index in [1.807, 2.05) is 0 Å². The molecule has 0 aliphatic rings. The van der Waals surface area contributed by atoms with Crippen LogP contribution in [-0.2, 0) is 16.3 Å². The topological polar surface area (TPSA) is 78.6 Å². The summed E-state index contributed by atoms with van der Waals surface area (Å²) in [5, 5.41) is 0. The Morgan fingerprint density at radius 2 is 1.68 bits per heavy atom. The first-order valence-corrected chi connectivity index (χ1v) is 7.98. The average Bonchev–Trinajstić information content (AvgIpc) is 2.36. The Labute approximate surface area is 114 Å². The minimum atomic E-state index is -3.38. The molecule has 0 unspecified atom stereocenters. The smallest absolute Gasteiger partial charge is 0.179 e. The number of benzene rings is 1. The van der Waals surface area contributed by atoms with Gasteiger partial charge in [0.2, 0.25) is 0 Å². The highest BCUT2D eigenvalue weighted by Gasteiger charge is 2.22. The van der Waals surface area contributed by atoms with Crippen LogP contribution in [0.1, 0.15) is 18.4 Å². The van der Waals surface area contributed by atoms with Crippen LogP contribution in [0.4, 0.5) is 0 Å². The molecule has 0 bridgehead atoms. The van der Waals surface area contributed by atoms with Crippen LogP contribution in [0, 0.1) is 0 Å². The predicted molar refractivity (Wildman–Crippen MR) is 74.6 cm³/mol. The van der Waals surface area contributed by atoms with Crippen molar-refractivity contribution in [3.8, 4) is 11.5 Å². The molecule has 0 fully saturated rings. The first-order valence-electron chi connectivity index (χ1n) is 6.09. The van der Waals surface area contributed by atoms with Crippen molar-refractivity contribution in [3.05, 3.63) is 17.7 Å². The third kappa shape index (κ3) is 3.84. The van der Waals surface area contributed by atoms with Crippen molar-refractivity contribution in [2.45, 2.75) is 24.2 Å². The van der Waals surface area contributed by atoms with Gasteiger partial charge in [0.1, 0.15) is 16.4 Å². The zero-order valence-corrected chi connectivity index (χ0v) is 12.4. The van der Waals surface area contributed by atoms with Crippen LogP contribution >= 0.6 is 0 Å². The van der Waals surface area contributed by atoms with Crippen molar-refractivity contribution in [2.75, 3.05) is 27.0 Å². The molecule has 6 heteroatoms. The summed E-state index contributed by atoms with van der Waals surface area (Å²) in [4.78, 5) is 0.214. The molecule has 0 aliphatic heterocycles. The highest BCUT2D eigenvalue weighted by atomic mass is 32.2. The number of sulfone groups is 1. The monoisotopic (exact) mass is 287 g/mol. The lowest BCUT2D eigenvalue weighted by Gasteiger charge is -2.16. The maximum atomic E-state index is 12.0. The van der Waals surface area contributed by atoms with Gasteiger partial charge in [-0.25, -0.2) is 8.42 Å². The molecule has 5 nitrogen and oxygen atoms in total. The first kappa shape index (κ1) is 15.8. The van der Waals surface area contributed by atoms with E-state index >= 15 is 0 Å². The van der Waals surface area contributed by atoms with Gasteiger partial charge in [-0.05, 0) is 37.9 Å². The molecule has 0 heterocycles. The molecule has 0 amide bonds. The largest absolute Gasteiger partial charge is 0.496 e. The van der Waals surface area contributed by atoms with Crippen LogP contribution in [-0.4, -0.2) is 35.4 Å². The molecule has 0 aromatic heterocycles. The second-order valence-corrected chi connectivity index (χ2v) is 6.25. The summed E-state index contributed by atoms with van der Waals surface area (Å²) in [7, 11) is -0.396. The van der Waals surface area contributed by atoms with Gasteiger partial charge in [0, 0.05) is 11.8 Å². The Morgan fingerprint density at radius 3 is 2.16 bits per heavy atom. The minimum Gasteiger partial charge on any atom is -0.496 e. The molecule has 2 N–H and O–H groups in total. The van der Waals surface area contributed by atoms with Crippen molar-refractivity contribution in [1.29, 1.82) is 0 Å². The standard InChI is InChI=1S/C13H21NO4S/c1-17-11-7-8-12(18-2)13(19(3,15)16)10(11)6-4-5-9-14/h7-8H,4-6,9,14H2,1-3H3. The summed E-state index contributed by atoms with van der Waals surface area (Å²) in [6.07, 6.45) is 3.42. The Balaban J connectivity index is 3.35. The zero-order valence-electron chi connectivity index (χ0n) is 11.6. The van der Waals surface area contributed by atoms with Crippen molar-refractivity contribution in [2.24, 2.45) is 5.73 Å². The fourth-order valence-electron chi connectivity index (χ4n) is 2.03. The van der Waals surface area contributed by atoms with Gasteiger partial charge < -0.3 is 15.2 Å². The molecule has 0 atom stereocenters. The van der Waals surface area contributed by atoms with Gasteiger partial charge in [-0.15, -0.1) is 0 Å². The van der Waals surface area contributed by atoms with Crippen LogP contribution in [0.15, 0.2) is 17.0 Å². The normalized spacial score (nSPS) is 11.4. The SMILES string of the molecule is COc1ccc(OC)c(S(C)(=O)=O)c1CCCCN. The molecule has 0 radical (unpaired) electrons. The van der Waals surface area contributed by atoms with Crippen LogP contribution in [0.25, 0.3) is 0 Å². The average molecular weight is 287 g/mol. The van der Waals surface area contributed by atoms with E-state index in [9.17, 15) is 8.42 Å². The second kappa shape index (κ2) is 6.77. The Morgan fingerprint density at radius 1 is 1.11 bits per heavy atom. The molecular weight excluding hydrogens is 266 g/mol. The number of unbranched alkanes of at least 4 members (excludes halogenated alkanes) is 1. The molecule has 0 saturated carbocycles. The lowest BCUT2D eigenvalue weighted by molar-refractivity contribution is 0.387. The molecule has 0 aliphatic carbocycles. The number of hydrogen-bond donors (Lipinski definition) is 1. The third-order valence-corrected chi connectivity index (χ3v) is 4.06. The lowest BCUT2D eigenvalue weighted by atomic mass is 10.1.